The number of nitrogens with one attached hydrogen (secondary N) is 2. The first-order chi connectivity index (χ1) is 48.0. The molecule has 6 amide bonds. The van der Waals surface area contributed by atoms with Crippen molar-refractivity contribution < 1.29 is 57.2 Å². The van der Waals surface area contributed by atoms with Crippen molar-refractivity contribution in [1.82, 2.24) is 20.4 Å². The monoisotopic (exact) mass is 1360 g/mol. The number of unbranched alkanes of at least 4 members (excludes halogenated alkanes) is 30. The van der Waals surface area contributed by atoms with Crippen molar-refractivity contribution in [3.8, 4) is 34.5 Å². The summed E-state index contributed by atoms with van der Waals surface area (Å²) >= 11 is 0. The quantitative estimate of drug-likeness (QED) is 0.0315. The molecule has 16 heteroatoms. The molecule has 0 saturated heterocycles. The number of hydrogen-bond donors (Lipinski definition) is 2. The number of amides is 6. The SMILES string of the molecule is CCCCCCCCOc1cc(C(=O)NCCCN2C(=O)c3ccc4c5c(ccc(c35)C2=O)C(=O)N(CCCNC(=O)c2cc(OCCCCCCCC)c(OCCCCCCCC)c(OCCCCCCCC)c2)C4=O)cc(OCCCCCCCC)c1OCCCCCCCC. The molecule has 16 nitrogen and oxygen atoms in total. The summed E-state index contributed by atoms with van der Waals surface area (Å²) in [6.07, 6.45) is 40.6. The third kappa shape index (κ3) is 26.0. The van der Waals surface area contributed by atoms with Gasteiger partial charge in [0.25, 0.3) is 35.4 Å². The van der Waals surface area contributed by atoms with E-state index in [2.05, 4.69) is 52.2 Å². The first kappa shape index (κ1) is 80.1. The van der Waals surface area contributed by atoms with Crippen LogP contribution < -0.4 is 39.1 Å². The maximum atomic E-state index is 14.3. The Balaban J connectivity index is 1.10. The summed E-state index contributed by atoms with van der Waals surface area (Å²) in [6.45, 7) is 16.5. The van der Waals surface area contributed by atoms with E-state index in [-0.39, 0.29) is 83.9 Å². The van der Waals surface area contributed by atoms with E-state index in [0.29, 0.717) is 85.3 Å². The van der Waals surface area contributed by atoms with Gasteiger partial charge in [0, 0.05) is 70.3 Å². The summed E-state index contributed by atoms with van der Waals surface area (Å²) in [6, 6.07) is 13.2. The molecular weight excluding hydrogens is 1230 g/mol. The predicted molar refractivity (Wildman–Crippen MR) is 395 cm³/mol. The number of carbonyl (C=O) groups excluding carboxylic acids is 6. The summed E-state index contributed by atoms with van der Waals surface area (Å²) in [7, 11) is 0. The van der Waals surface area contributed by atoms with E-state index in [1.807, 2.05) is 0 Å². The number of rotatable bonds is 58. The number of carbonyl (C=O) groups is 6. The lowest BCUT2D eigenvalue weighted by molar-refractivity contribution is 0.0586. The molecule has 0 unspecified atom stereocenters. The van der Waals surface area contributed by atoms with Crippen LogP contribution in [-0.2, 0) is 0 Å². The second-order valence-electron chi connectivity index (χ2n) is 27.1. The topological polar surface area (TPSA) is 188 Å². The average molecular weight is 1360 g/mol. The lowest BCUT2D eigenvalue weighted by Gasteiger charge is -2.32. The smallest absolute Gasteiger partial charge is 0.261 e. The first-order valence-corrected chi connectivity index (χ1v) is 39.0. The van der Waals surface area contributed by atoms with Crippen molar-refractivity contribution in [3.05, 3.63) is 81.9 Å². The molecule has 2 N–H and O–H groups in total. The van der Waals surface area contributed by atoms with E-state index in [9.17, 15) is 28.8 Å². The van der Waals surface area contributed by atoms with Gasteiger partial charge in [-0.05, 0) is 99.9 Å². The van der Waals surface area contributed by atoms with Gasteiger partial charge >= 0.3 is 0 Å². The van der Waals surface area contributed by atoms with Crippen LogP contribution in [-0.4, -0.2) is 111 Å². The van der Waals surface area contributed by atoms with Crippen molar-refractivity contribution in [2.24, 2.45) is 0 Å². The van der Waals surface area contributed by atoms with Crippen LogP contribution in [0.2, 0.25) is 0 Å². The Labute approximate surface area is 588 Å². The maximum Gasteiger partial charge on any atom is 0.261 e. The number of nitrogens with zero attached hydrogens (tertiary/aromatic N) is 2. The molecule has 2 aliphatic heterocycles. The highest BCUT2D eigenvalue weighted by atomic mass is 16.5. The van der Waals surface area contributed by atoms with Crippen LogP contribution in [0.4, 0.5) is 0 Å². The molecule has 0 saturated carbocycles. The molecule has 6 rings (SSSR count). The Morgan fingerprint density at radius 3 is 0.745 bits per heavy atom. The zero-order valence-electron chi connectivity index (χ0n) is 61.4. The van der Waals surface area contributed by atoms with Gasteiger partial charge in [0.05, 0.1) is 39.6 Å². The lowest BCUT2D eigenvalue weighted by Crippen LogP contribution is -2.44. The molecule has 544 valence electrons. The van der Waals surface area contributed by atoms with E-state index in [1.165, 1.54) is 125 Å². The highest BCUT2D eigenvalue weighted by Crippen LogP contribution is 2.42. The molecule has 98 heavy (non-hydrogen) atoms. The van der Waals surface area contributed by atoms with E-state index >= 15 is 0 Å². The van der Waals surface area contributed by atoms with Crippen LogP contribution in [0.3, 0.4) is 0 Å². The largest absolute Gasteiger partial charge is 0.490 e. The molecule has 0 aromatic heterocycles. The van der Waals surface area contributed by atoms with Crippen LogP contribution in [0.1, 0.15) is 348 Å². The molecule has 2 aliphatic rings. The van der Waals surface area contributed by atoms with Gasteiger partial charge < -0.3 is 39.1 Å². The van der Waals surface area contributed by atoms with Gasteiger partial charge in [-0.15, -0.1) is 0 Å². The minimum Gasteiger partial charge on any atom is -0.490 e. The molecule has 0 fully saturated rings. The summed E-state index contributed by atoms with van der Waals surface area (Å²) < 4.78 is 38.8. The van der Waals surface area contributed by atoms with Crippen LogP contribution in [0.25, 0.3) is 10.8 Å². The highest BCUT2D eigenvalue weighted by molar-refractivity contribution is 6.33. The van der Waals surface area contributed by atoms with Gasteiger partial charge in [-0.3, -0.25) is 38.6 Å². The second kappa shape index (κ2) is 47.3. The van der Waals surface area contributed by atoms with Crippen LogP contribution in [0.15, 0.2) is 48.5 Å². The van der Waals surface area contributed by atoms with Gasteiger partial charge in [-0.25, -0.2) is 0 Å². The molecule has 4 aromatic rings. The van der Waals surface area contributed by atoms with Crippen LogP contribution in [0, 0.1) is 0 Å². The standard InChI is InChI=1S/C82H124N4O12/c1-7-13-19-25-31-37-53-93-69-59-63(60-70(94-54-38-32-26-20-14-8-2)75(69)97-57-41-35-29-23-17-11-5)77(87)83-49-43-51-85-79(89)65-45-47-67-74-68(48-46-66(73(65)74)80(85)90)82(92)86(81(67)91)52-44-50-84-78(88)64-61-71(95-55-39-33-27-21-15-9-3)76(98-58-42-36-30-24-18-12-6)72(62-64)96-56-40-34-28-22-16-10-4/h45-48,59-62H,7-44,49-58H2,1-6H3,(H,83,87)(H,84,88). The van der Waals surface area contributed by atoms with Crippen molar-refractivity contribution in [3.63, 3.8) is 0 Å². The van der Waals surface area contributed by atoms with Gasteiger partial charge in [0.1, 0.15) is 0 Å². The van der Waals surface area contributed by atoms with Gasteiger partial charge in [-0.1, -0.05) is 234 Å². The minimum atomic E-state index is -0.547. The number of hydrogen-bond acceptors (Lipinski definition) is 12. The molecule has 0 radical (unpaired) electrons. The summed E-state index contributed by atoms with van der Waals surface area (Å²) in [5.74, 6) is 0.0940. The van der Waals surface area contributed by atoms with Crippen LogP contribution >= 0.6 is 0 Å². The van der Waals surface area contributed by atoms with Gasteiger partial charge in [0.2, 0.25) is 11.5 Å². The van der Waals surface area contributed by atoms with E-state index in [0.717, 1.165) is 116 Å². The first-order valence-electron chi connectivity index (χ1n) is 39.0. The zero-order valence-corrected chi connectivity index (χ0v) is 61.4. The predicted octanol–water partition coefficient (Wildman–Crippen LogP) is 20.1. The normalized spacial score (nSPS) is 12.6. The van der Waals surface area contributed by atoms with Gasteiger partial charge in [-0.2, -0.15) is 0 Å². The van der Waals surface area contributed by atoms with E-state index < -0.39 is 23.6 Å². The minimum absolute atomic E-state index is 0.0104. The molecule has 0 atom stereocenters. The zero-order chi connectivity index (χ0) is 70.0. The molecular formula is C82H124N4O12. The Morgan fingerprint density at radius 2 is 0.510 bits per heavy atom. The molecule has 4 aromatic carbocycles. The third-order valence-electron chi connectivity index (χ3n) is 18.8. The molecule has 0 bridgehead atoms. The summed E-state index contributed by atoms with van der Waals surface area (Å²) in [5.41, 5.74) is 1.58. The molecule has 2 heterocycles. The number of ether oxygens (including phenoxy) is 6. The Hall–Kier alpha value is -6.84. The summed E-state index contributed by atoms with van der Waals surface area (Å²) in [5, 5.41) is 6.59. The molecule has 0 aliphatic carbocycles. The highest BCUT2D eigenvalue weighted by Gasteiger charge is 2.39. The van der Waals surface area contributed by atoms with Gasteiger partial charge in [0.15, 0.2) is 23.0 Å². The number of benzene rings is 4. The fourth-order valence-corrected chi connectivity index (χ4v) is 13.0. The fraction of sp³-hybridized carbons (Fsp3) is 0.659. The molecule has 0 spiro atoms. The van der Waals surface area contributed by atoms with Crippen molar-refractivity contribution in [2.75, 3.05) is 65.8 Å². The van der Waals surface area contributed by atoms with E-state index in [1.54, 1.807) is 48.5 Å². The van der Waals surface area contributed by atoms with Crippen molar-refractivity contribution >= 4 is 46.2 Å². The lowest BCUT2D eigenvalue weighted by atomic mass is 9.86. The third-order valence-corrected chi connectivity index (χ3v) is 18.8. The van der Waals surface area contributed by atoms with Crippen LogP contribution in [0.5, 0.6) is 34.5 Å². The average Bonchev–Trinajstić information content (AvgIpc) is 0.715. The number of imide groups is 2. The Kier molecular flexibility index (Phi) is 38.6. The maximum absolute atomic E-state index is 14.3. The fourth-order valence-electron chi connectivity index (χ4n) is 13.0. The Bertz CT molecular complexity index is 2700. The van der Waals surface area contributed by atoms with E-state index in [4.69, 9.17) is 28.4 Å². The van der Waals surface area contributed by atoms with Crippen molar-refractivity contribution in [2.45, 2.75) is 286 Å². The Morgan fingerprint density at radius 1 is 0.296 bits per heavy atom. The second-order valence-corrected chi connectivity index (χ2v) is 27.1. The van der Waals surface area contributed by atoms with Crippen molar-refractivity contribution in [1.29, 1.82) is 0 Å². The summed E-state index contributed by atoms with van der Waals surface area (Å²) in [4.78, 5) is 87.9.